The third kappa shape index (κ3) is 3.37. The average molecular weight is 350 g/mol. The lowest BCUT2D eigenvalue weighted by atomic mass is 9.99. The van der Waals surface area contributed by atoms with E-state index in [2.05, 4.69) is 27.3 Å². The number of rotatable bonds is 4. The highest BCUT2D eigenvalue weighted by molar-refractivity contribution is 5.94. The Balaban J connectivity index is 1.40. The molecule has 1 fully saturated rings. The highest BCUT2D eigenvalue weighted by Gasteiger charge is 2.21. The molecule has 0 unspecified atom stereocenters. The van der Waals surface area contributed by atoms with E-state index in [9.17, 15) is 4.79 Å². The number of piperidine rings is 1. The number of likely N-dealkylation sites (tertiary alicyclic amines) is 1. The maximum absolute atomic E-state index is 12.6. The molecule has 7 nitrogen and oxygen atoms in total. The van der Waals surface area contributed by atoms with Crippen LogP contribution >= 0.6 is 0 Å². The molecule has 0 spiro atoms. The second-order valence-electron chi connectivity index (χ2n) is 6.80. The van der Waals surface area contributed by atoms with Gasteiger partial charge in [-0.25, -0.2) is 14.5 Å². The van der Waals surface area contributed by atoms with Crippen molar-refractivity contribution in [3.63, 3.8) is 0 Å². The Morgan fingerprint density at radius 1 is 1.15 bits per heavy atom. The zero-order valence-electron chi connectivity index (χ0n) is 14.8. The number of pyridine rings is 1. The molecule has 4 rings (SSSR count). The molecule has 3 aromatic rings. The smallest absolute Gasteiger partial charge is 0.255 e. The Hall–Kier alpha value is -2.96. The van der Waals surface area contributed by atoms with Gasteiger partial charge in [-0.2, -0.15) is 5.10 Å². The molecule has 4 heterocycles. The van der Waals surface area contributed by atoms with Crippen LogP contribution < -0.4 is 5.32 Å². The van der Waals surface area contributed by atoms with Crippen LogP contribution in [0.4, 0.5) is 5.82 Å². The first-order valence-electron chi connectivity index (χ1n) is 8.97. The fraction of sp³-hybridized carbons (Fsp3) is 0.368. The van der Waals surface area contributed by atoms with E-state index in [1.165, 1.54) is 0 Å². The molecule has 1 saturated heterocycles. The van der Waals surface area contributed by atoms with Crippen molar-refractivity contribution in [2.24, 2.45) is 5.92 Å². The van der Waals surface area contributed by atoms with Gasteiger partial charge in [-0.1, -0.05) is 6.92 Å². The number of anilines is 1. The largest absolute Gasteiger partial charge is 0.364 e. The SMILES string of the molecule is CC1CCN(C(=O)c2ccc(NCc3ccnc4ccnn34)nc2)CC1. The number of nitrogens with one attached hydrogen (secondary N) is 1. The van der Waals surface area contributed by atoms with Crippen LogP contribution in [0.3, 0.4) is 0 Å². The van der Waals surface area contributed by atoms with E-state index in [-0.39, 0.29) is 5.91 Å². The van der Waals surface area contributed by atoms with Crippen molar-refractivity contribution in [1.29, 1.82) is 0 Å². The van der Waals surface area contributed by atoms with Gasteiger partial charge in [-0.15, -0.1) is 0 Å². The first-order valence-corrected chi connectivity index (χ1v) is 8.97. The van der Waals surface area contributed by atoms with Crippen LogP contribution in [-0.4, -0.2) is 43.5 Å². The molecule has 0 aromatic carbocycles. The number of hydrogen-bond donors (Lipinski definition) is 1. The highest BCUT2D eigenvalue weighted by atomic mass is 16.2. The minimum absolute atomic E-state index is 0.0725. The second kappa shape index (κ2) is 7.11. The van der Waals surface area contributed by atoms with Crippen LogP contribution in [0.5, 0.6) is 0 Å². The van der Waals surface area contributed by atoms with Gasteiger partial charge in [-0.05, 0) is 37.0 Å². The van der Waals surface area contributed by atoms with Gasteiger partial charge >= 0.3 is 0 Å². The zero-order valence-corrected chi connectivity index (χ0v) is 14.8. The van der Waals surface area contributed by atoms with Crippen LogP contribution in [0.1, 0.15) is 35.8 Å². The molecule has 26 heavy (non-hydrogen) atoms. The third-order valence-electron chi connectivity index (χ3n) is 4.90. The molecular formula is C19H22N6O. The molecule has 0 bridgehead atoms. The highest BCUT2D eigenvalue weighted by Crippen LogP contribution is 2.18. The molecular weight excluding hydrogens is 328 g/mol. The van der Waals surface area contributed by atoms with E-state index >= 15 is 0 Å². The lowest BCUT2D eigenvalue weighted by Crippen LogP contribution is -2.37. The summed E-state index contributed by atoms with van der Waals surface area (Å²) in [5.41, 5.74) is 2.45. The Labute approximate surface area is 152 Å². The van der Waals surface area contributed by atoms with E-state index in [0.717, 1.165) is 43.1 Å². The van der Waals surface area contributed by atoms with Gasteiger partial charge in [0.2, 0.25) is 0 Å². The van der Waals surface area contributed by atoms with Gasteiger partial charge in [0.05, 0.1) is 24.0 Å². The summed E-state index contributed by atoms with van der Waals surface area (Å²) < 4.78 is 1.79. The van der Waals surface area contributed by atoms with Gasteiger partial charge in [0.1, 0.15) is 5.82 Å². The predicted octanol–water partition coefficient (Wildman–Crippen LogP) is 2.61. The molecule has 1 N–H and O–H groups in total. The number of nitrogens with zero attached hydrogens (tertiary/aromatic N) is 5. The summed E-state index contributed by atoms with van der Waals surface area (Å²) >= 11 is 0. The number of amides is 1. The molecule has 1 aliphatic rings. The second-order valence-corrected chi connectivity index (χ2v) is 6.80. The van der Waals surface area contributed by atoms with Crippen molar-refractivity contribution >= 4 is 17.4 Å². The van der Waals surface area contributed by atoms with E-state index in [1.54, 1.807) is 23.1 Å². The van der Waals surface area contributed by atoms with Crippen molar-refractivity contribution in [2.75, 3.05) is 18.4 Å². The Bertz CT molecular complexity index is 896. The summed E-state index contributed by atoms with van der Waals surface area (Å²) in [7, 11) is 0. The van der Waals surface area contributed by atoms with Gasteiger partial charge in [-0.3, -0.25) is 4.79 Å². The fourth-order valence-electron chi connectivity index (χ4n) is 3.22. The topological polar surface area (TPSA) is 75.4 Å². The van der Waals surface area contributed by atoms with Crippen molar-refractivity contribution < 1.29 is 4.79 Å². The lowest BCUT2D eigenvalue weighted by molar-refractivity contribution is 0.0697. The minimum Gasteiger partial charge on any atom is -0.364 e. The molecule has 1 aliphatic heterocycles. The van der Waals surface area contributed by atoms with Gasteiger partial charge in [0.25, 0.3) is 5.91 Å². The molecule has 7 heteroatoms. The standard InChI is InChI=1S/C19H22N6O/c1-14-6-10-24(11-7-14)19(26)15-2-3-17(21-12-15)22-13-16-4-8-20-18-5-9-23-25(16)18/h2-5,8-9,12,14H,6-7,10-11,13H2,1H3,(H,21,22). The normalized spacial score (nSPS) is 15.3. The molecule has 1 amide bonds. The summed E-state index contributed by atoms with van der Waals surface area (Å²) in [6, 6.07) is 7.47. The molecule has 0 atom stereocenters. The molecule has 0 aliphatic carbocycles. The van der Waals surface area contributed by atoms with Crippen LogP contribution in [0.2, 0.25) is 0 Å². The summed E-state index contributed by atoms with van der Waals surface area (Å²) in [5, 5.41) is 7.54. The summed E-state index contributed by atoms with van der Waals surface area (Å²) in [6.45, 7) is 4.48. The first-order chi connectivity index (χ1) is 12.7. The van der Waals surface area contributed by atoms with E-state index in [1.807, 2.05) is 29.2 Å². The van der Waals surface area contributed by atoms with E-state index in [4.69, 9.17) is 0 Å². The van der Waals surface area contributed by atoms with Crippen LogP contribution in [0, 0.1) is 5.92 Å². The fourth-order valence-corrected chi connectivity index (χ4v) is 3.22. The number of carbonyl (C=O) groups is 1. The van der Waals surface area contributed by atoms with Crippen molar-refractivity contribution in [2.45, 2.75) is 26.3 Å². The monoisotopic (exact) mass is 350 g/mol. The van der Waals surface area contributed by atoms with Crippen LogP contribution in [0.25, 0.3) is 5.65 Å². The number of hydrogen-bond acceptors (Lipinski definition) is 5. The Morgan fingerprint density at radius 2 is 2.00 bits per heavy atom. The minimum atomic E-state index is 0.0725. The number of fused-ring (bicyclic) bond motifs is 1. The Morgan fingerprint density at radius 3 is 2.77 bits per heavy atom. The van der Waals surface area contributed by atoms with Gasteiger partial charge < -0.3 is 10.2 Å². The van der Waals surface area contributed by atoms with Gasteiger partial charge in [0, 0.05) is 31.5 Å². The molecule has 0 radical (unpaired) electrons. The average Bonchev–Trinajstić information content (AvgIpc) is 3.16. The summed E-state index contributed by atoms with van der Waals surface area (Å²) in [5.74, 6) is 1.51. The van der Waals surface area contributed by atoms with Crippen molar-refractivity contribution in [1.82, 2.24) is 24.5 Å². The number of aromatic nitrogens is 4. The first kappa shape index (κ1) is 16.5. The number of carbonyl (C=O) groups excluding carboxylic acids is 1. The quantitative estimate of drug-likeness (QED) is 0.783. The maximum Gasteiger partial charge on any atom is 0.255 e. The van der Waals surface area contributed by atoms with E-state index < -0.39 is 0 Å². The predicted molar refractivity (Wildman–Crippen MR) is 98.9 cm³/mol. The lowest BCUT2D eigenvalue weighted by Gasteiger charge is -2.30. The van der Waals surface area contributed by atoms with E-state index in [0.29, 0.717) is 18.0 Å². The molecule has 134 valence electrons. The third-order valence-corrected chi connectivity index (χ3v) is 4.90. The maximum atomic E-state index is 12.6. The molecule has 3 aromatic heterocycles. The van der Waals surface area contributed by atoms with Crippen molar-refractivity contribution in [3.8, 4) is 0 Å². The zero-order chi connectivity index (χ0) is 17.9. The molecule has 0 saturated carbocycles. The van der Waals surface area contributed by atoms with Crippen molar-refractivity contribution in [3.05, 3.63) is 54.1 Å². The van der Waals surface area contributed by atoms with Gasteiger partial charge in [0.15, 0.2) is 5.65 Å². The van der Waals surface area contributed by atoms with Crippen LogP contribution in [-0.2, 0) is 6.54 Å². The Kier molecular flexibility index (Phi) is 4.51. The summed E-state index contributed by atoms with van der Waals surface area (Å²) in [6.07, 6.45) is 7.30. The summed E-state index contributed by atoms with van der Waals surface area (Å²) in [4.78, 5) is 23.1. The van der Waals surface area contributed by atoms with Crippen LogP contribution in [0.15, 0.2) is 42.9 Å².